The number of amides is 1. The number of aromatic hydroxyl groups is 1. The highest BCUT2D eigenvalue weighted by atomic mass is 16.5. The molecule has 0 aliphatic heterocycles. The molecule has 3 aromatic rings. The number of likely N-dealkylation sites (N-methyl/N-ethyl adjacent to an activating group) is 1. The van der Waals surface area contributed by atoms with Gasteiger partial charge < -0.3 is 20.1 Å². The van der Waals surface area contributed by atoms with Gasteiger partial charge >= 0.3 is 0 Å². The first-order valence-corrected chi connectivity index (χ1v) is 12.3. The molecule has 1 amide bonds. The summed E-state index contributed by atoms with van der Waals surface area (Å²) in [5.41, 5.74) is 7.04. The Bertz CT molecular complexity index is 1190. The second kappa shape index (κ2) is 13.3. The van der Waals surface area contributed by atoms with Crippen LogP contribution >= 0.6 is 0 Å². The van der Waals surface area contributed by atoms with Crippen LogP contribution in [-0.2, 0) is 4.79 Å². The minimum absolute atomic E-state index is 0.0254. The maximum absolute atomic E-state index is 11.5. The number of aryl methyl sites for hydroxylation is 1. The SMILES string of the molecule is CCC(=C(c1ccc(O)cc1)c1ccc(OCCNCC=CC(=O)N(C)C)cc1)c1ccccc1C. The van der Waals surface area contributed by atoms with Gasteiger partial charge in [-0.2, -0.15) is 0 Å². The normalized spacial score (nSPS) is 11.9. The number of phenols is 1. The number of rotatable bonds is 11. The van der Waals surface area contributed by atoms with Crippen molar-refractivity contribution in [3.05, 3.63) is 107 Å². The zero-order valence-electron chi connectivity index (χ0n) is 21.6. The lowest BCUT2D eigenvalue weighted by Gasteiger charge is -2.18. The van der Waals surface area contributed by atoms with Crippen LogP contribution in [0.2, 0.25) is 0 Å². The number of nitrogens with one attached hydrogen (secondary N) is 1. The van der Waals surface area contributed by atoms with Gasteiger partial charge in [-0.3, -0.25) is 4.79 Å². The highest BCUT2D eigenvalue weighted by molar-refractivity contribution is 5.99. The minimum Gasteiger partial charge on any atom is -0.508 e. The largest absolute Gasteiger partial charge is 0.508 e. The van der Waals surface area contributed by atoms with Crippen molar-refractivity contribution in [3.8, 4) is 11.5 Å². The van der Waals surface area contributed by atoms with Crippen molar-refractivity contribution in [2.75, 3.05) is 33.8 Å². The highest BCUT2D eigenvalue weighted by Crippen LogP contribution is 2.36. The molecule has 0 heterocycles. The number of ether oxygens (including phenoxy) is 1. The first kappa shape index (κ1) is 26.8. The van der Waals surface area contributed by atoms with Crippen LogP contribution in [-0.4, -0.2) is 49.7 Å². The van der Waals surface area contributed by atoms with Crippen LogP contribution in [0, 0.1) is 6.92 Å². The van der Waals surface area contributed by atoms with E-state index in [-0.39, 0.29) is 11.7 Å². The van der Waals surface area contributed by atoms with Crippen molar-refractivity contribution in [3.63, 3.8) is 0 Å². The van der Waals surface area contributed by atoms with E-state index in [4.69, 9.17) is 4.74 Å². The van der Waals surface area contributed by atoms with E-state index in [1.807, 2.05) is 30.3 Å². The fourth-order valence-corrected chi connectivity index (χ4v) is 4.01. The minimum atomic E-state index is -0.0254. The van der Waals surface area contributed by atoms with Crippen LogP contribution in [0.3, 0.4) is 0 Å². The van der Waals surface area contributed by atoms with Gasteiger partial charge in [-0.05, 0) is 71.0 Å². The van der Waals surface area contributed by atoms with E-state index in [0.717, 1.165) is 28.9 Å². The Balaban J connectivity index is 1.75. The monoisotopic (exact) mass is 484 g/mol. The molecule has 0 atom stereocenters. The summed E-state index contributed by atoms with van der Waals surface area (Å²) < 4.78 is 5.91. The molecule has 5 heteroatoms. The number of hydrogen-bond acceptors (Lipinski definition) is 4. The predicted molar refractivity (Wildman–Crippen MR) is 148 cm³/mol. The lowest BCUT2D eigenvalue weighted by Crippen LogP contribution is -2.22. The molecule has 0 spiro atoms. The van der Waals surface area contributed by atoms with Crippen molar-refractivity contribution < 1.29 is 14.6 Å². The van der Waals surface area contributed by atoms with Crippen LogP contribution in [0.5, 0.6) is 11.5 Å². The molecule has 0 aliphatic carbocycles. The molecule has 2 N–H and O–H groups in total. The molecule has 0 fully saturated rings. The van der Waals surface area contributed by atoms with E-state index in [1.165, 1.54) is 21.6 Å². The van der Waals surface area contributed by atoms with Crippen molar-refractivity contribution in [1.82, 2.24) is 10.2 Å². The number of nitrogens with zero attached hydrogens (tertiary/aromatic N) is 1. The Morgan fingerprint density at radius 3 is 2.22 bits per heavy atom. The summed E-state index contributed by atoms with van der Waals surface area (Å²) in [7, 11) is 3.46. The van der Waals surface area contributed by atoms with Crippen LogP contribution in [0.4, 0.5) is 0 Å². The molecule has 0 saturated heterocycles. The average molecular weight is 485 g/mol. The summed E-state index contributed by atoms with van der Waals surface area (Å²) in [4.78, 5) is 13.1. The van der Waals surface area contributed by atoms with Crippen LogP contribution in [0.1, 0.15) is 35.6 Å². The third kappa shape index (κ3) is 7.33. The average Bonchev–Trinajstić information content (AvgIpc) is 2.88. The van der Waals surface area contributed by atoms with E-state index >= 15 is 0 Å². The highest BCUT2D eigenvalue weighted by Gasteiger charge is 2.14. The molecule has 0 unspecified atom stereocenters. The lowest BCUT2D eigenvalue weighted by molar-refractivity contribution is -0.123. The molecular formula is C31H36N2O3. The lowest BCUT2D eigenvalue weighted by atomic mass is 9.86. The molecule has 0 aromatic heterocycles. The number of hydrogen-bond donors (Lipinski definition) is 2. The van der Waals surface area contributed by atoms with Gasteiger partial charge in [0.2, 0.25) is 5.91 Å². The molecule has 0 aliphatic rings. The van der Waals surface area contributed by atoms with E-state index in [2.05, 4.69) is 55.6 Å². The first-order valence-electron chi connectivity index (χ1n) is 12.3. The van der Waals surface area contributed by atoms with E-state index < -0.39 is 0 Å². The molecule has 3 rings (SSSR count). The fourth-order valence-electron chi connectivity index (χ4n) is 4.01. The molecule has 0 bridgehead atoms. The van der Waals surface area contributed by atoms with E-state index in [1.54, 1.807) is 32.3 Å². The van der Waals surface area contributed by atoms with Crippen molar-refractivity contribution in [2.45, 2.75) is 20.3 Å². The second-order valence-electron chi connectivity index (χ2n) is 8.78. The Morgan fingerprint density at radius 2 is 1.61 bits per heavy atom. The maximum Gasteiger partial charge on any atom is 0.245 e. The van der Waals surface area contributed by atoms with Crippen LogP contribution in [0.25, 0.3) is 11.1 Å². The van der Waals surface area contributed by atoms with Gasteiger partial charge in [0.1, 0.15) is 18.1 Å². The molecule has 0 saturated carbocycles. The number of carbonyl (C=O) groups is 1. The van der Waals surface area contributed by atoms with Gasteiger partial charge in [-0.1, -0.05) is 61.5 Å². The Labute approximate surface area is 214 Å². The number of benzene rings is 3. The van der Waals surface area contributed by atoms with Crippen molar-refractivity contribution >= 4 is 17.1 Å². The predicted octanol–water partition coefficient (Wildman–Crippen LogP) is 5.68. The quantitative estimate of drug-likeness (QED) is 0.209. The summed E-state index contributed by atoms with van der Waals surface area (Å²) in [6.45, 7) is 6.13. The summed E-state index contributed by atoms with van der Waals surface area (Å²) in [6, 6.07) is 24.0. The van der Waals surface area contributed by atoms with Gasteiger partial charge in [0.25, 0.3) is 0 Å². The first-order chi connectivity index (χ1) is 17.4. The van der Waals surface area contributed by atoms with E-state index in [0.29, 0.717) is 19.7 Å². The van der Waals surface area contributed by atoms with Gasteiger partial charge in [0.15, 0.2) is 0 Å². The molecule has 0 radical (unpaired) electrons. The molecule has 3 aromatic carbocycles. The number of carbonyl (C=O) groups excluding carboxylic acids is 1. The van der Waals surface area contributed by atoms with Crippen LogP contribution < -0.4 is 10.1 Å². The topological polar surface area (TPSA) is 61.8 Å². The third-order valence-corrected chi connectivity index (χ3v) is 5.94. The van der Waals surface area contributed by atoms with Gasteiger partial charge in [-0.15, -0.1) is 0 Å². The molecular weight excluding hydrogens is 448 g/mol. The summed E-state index contributed by atoms with van der Waals surface area (Å²) in [5.74, 6) is 1.03. The van der Waals surface area contributed by atoms with Gasteiger partial charge in [0, 0.05) is 33.3 Å². The van der Waals surface area contributed by atoms with Gasteiger partial charge in [-0.25, -0.2) is 0 Å². The van der Waals surface area contributed by atoms with Crippen molar-refractivity contribution in [1.29, 1.82) is 0 Å². The third-order valence-electron chi connectivity index (χ3n) is 5.94. The molecule has 188 valence electrons. The second-order valence-corrected chi connectivity index (χ2v) is 8.78. The van der Waals surface area contributed by atoms with E-state index in [9.17, 15) is 9.90 Å². The maximum atomic E-state index is 11.5. The van der Waals surface area contributed by atoms with Gasteiger partial charge in [0.05, 0.1) is 0 Å². The Hall–Kier alpha value is -3.83. The summed E-state index contributed by atoms with van der Waals surface area (Å²) in [6.07, 6.45) is 4.25. The van der Waals surface area contributed by atoms with Crippen molar-refractivity contribution in [2.24, 2.45) is 0 Å². The number of allylic oxidation sites excluding steroid dienone is 1. The summed E-state index contributed by atoms with van der Waals surface area (Å²) in [5, 5.41) is 13.1. The smallest absolute Gasteiger partial charge is 0.245 e. The summed E-state index contributed by atoms with van der Waals surface area (Å²) >= 11 is 0. The Morgan fingerprint density at radius 1 is 0.972 bits per heavy atom. The van der Waals surface area contributed by atoms with Crippen LogP contribution in [0.15, 0.2) is 84.9 Å². The molecule has 5 nitrogen and oxygen atoms in total. The fraction of sp³-hybridized carbons (Fsp3) is 0.258. The zero-order valence-corrected chi connectivity index (χ0v) is 21.6. The standard InChI is InChI=1S/C31H36N2O3/c1-5-28(29-10-7-6-9-23(29)2)31(24-12-16-26(34)17-13-24)25-14-18-27(19-15-25)36-22-21-32-20-8-11-30(35)33(3)4/h6-19,32,34H,5,20-22H2,1-4H3. The zero-order chi connectivity index (χ0) is 25.9. The number of phenolic OH excluding ortho intramolecular Hbond substituents is 1. The molecule has 36 heavy (non-hydrogen) atoms. The Kier molecular flexibility index (Phi) is 9.90.